The molecule has 0 spiro atoms. The zero-order valence-corrected chi connectivity index (χ0v) is 20.6. The van der Waals surface area contributed by atoms with Crippen LogP contribution in [0, 0.1) is 0 Å². The number of hydrogen-bond donors (Lipinski definition) is 1. The highest BCUT2D eigenvalue weighted by Crippen LogP contribution is 2.32. The molecule has 8 heteroatoms. The van der Waals surface area contributed by atoms with Gasteiger partial charge in [0.15, 0.2) is 0 Å². The van der Waals surface area contributed by atoms with Gasteiger partial charge in [0.2, 0.25) is 11.1 Å². The lowest BCUT2D eigenvalue weighted by atomic mass is 10.0. The first kappa shape index (κ1) is 24.2. The van der Waals surface area contributed by atoms with E-state index in [0.717, 1.165) is 40.3 Å². The molecule has 0 atom stereocenters. The Morgan fingerprint density at radius 3 is 2.03 bits per heavy atom. The summed E-state index contributed by atoms with van der Waals surface area (Å²) in [4.78, 5) is 17.4. The molecule has 35 heavy (non-hydrogen) atoms. The molecule has 1 heterocycles. The molecule has 0 aliphatic rings. The quantitative estimate of drug-likeness (QED) is 0.312. The van der Waals surface area contributed by atoms with Gasteiger partial charge >= 0.3 is 0 Å². The Labute approximate surface area is 208 Å². The standard InChI is InChI=1S/C27H26N4O3S/c1-4-18-7-5-6-8-23(18)28-24(32)17-35-27-29-25(19-9-13-21(33-2)14-10-19)26(30-31-27)20-11-15-22(34-3)16-12-20/h5-16H,4,17H2,1-3H3,(H,28,32). The van der Waals surface area contributed by atoms with Crippen LogP contribution in [0.25, 0.3) is 22.5 Å². The number of hydrogen-bond acceptors (Lipinski definition) is 7. The molecule has 0 fully saturated rings. The van der Waals surface area contributed by atoms with Gasteiger partial charge in [0.05, 0.1) is 20.0 Å². The van der Waals surface area contributed by atoms with E-state index in [0.29, 0.717) is 16.5 Å². The fraction of sp³-hybridized carbons (Fsp3) is 0.185. The number of nitrogens with zero attached hydrogens (tertiary/aromatic N) is 3. The van der Waals surface area contributed by atoms with Crippen LogP contribution < -0.4 is 14.8 Å². The van der Waals surface area contributed by atoms with E-state index < -0.39 is 0 Å². The van der Waals surface area contributed by atoms with Crippen molar-refractivity contribution in [3.63, 3.8) is 0 Å². The molecule has 7 nitrogen and oxygen atoms in total. The zero-order chi connectivity index (χ0) is 24.6. The van der Waals surface area contributed by atoms with Gasteiger partial charge in [0.25, 0.3) is 0 Å². The predicted molar refractivity (Wildman–Crippen MR) is 139 cm³/mol. The highest BCUT2D eigenvalue weighted by Gasteiger charge is 2.16. The van der Waals surface area contributed by atoms with Crippen molar-refractivity contribution >= 4 is 23.4 Å². The van der Waals surface area contributed by atoms with Gasteiger partial charge in [-0.2, -0.15) is 0 Å². The Kier molecular flexibility index (Phi) is 7.95. The summed E-state index contributed by atoms with van der Waals surface area (Å²) in [5.74, 6) is 1.55. The van der Waals surface area contributed by atoms with Crippen LogP contribution in [0.3, 0.4) is 0 Å². The number of anilines is 1. The second kappa shape index (κ2) is 11.5. The van der Waals surface area contributed by atoms with E-state index >= 15 is 0 Å². The van der Waals surface area contributed by atoms with Crippen LogP contribution in [0.1, 0.15) is 12.5 Å². The van der Waals surface area contributed by atoms with Crippen molar-refractivity contribution in [1.82, 2.24) is 15.2 Å². The van der Waals surface area contributed by atoms with Crippen LogP contribution >= 0.6 is 11.8 Å². The second-order valence-corrected chi connectivity index (χ2v) is 8.54. The molecule has 1 amide bonds. The smallest absolute Gasteiger partial charge is 0.234 e. The van der Waals surface area contributed by atoms with Crippen molar-refractivity contribution < 1.29 is 14.3 Å². The lowest BCUT2D eigenvalue weighted by Gasteiger charge is -2.11. The topological polar surface area (TPSA) is 86.2 Å². The SMILES string of the molecule is CCc1ccccc1NC(=O)CSc1nnc(-c2ccc(OC)cc2)c(-c2ccc(OC)cc2)n1. The highest BCUT2D eigenvalue weighted by molar-refractivity contribution is 7.99. The van der Waals surface area contributed by atoms with Crippen molar-refractivity contribution in [2.45, 2.75) is 18.5 Å². The summed E-state index contributed by atoms with van der Waals surface area (Å²) < 4.78 is 10.6. The molecule has 4 aromatic rings. The van der Waals surface area contributed by atoms with Crippen molar-refractivity contribution in [2.24, 2.45) is 0 Å². The third-order valence-corrected chi connectivity index (χ3v) is 6.24. The molecule has 0 saturated heterocycles. The lowest BCUT2D eigenvalue weighted by Crippen LogP contribution is -2.15. The third kappa shape index (κ3) is 5.96. The first-order valence-corrected chi connectivity index (χ1v) is 12.1. The molecular formula is C27H26N4O3S. The van der Waals surface area contributed by atoms with Crippen molar-refractivity contribution in [2.75, 3.05) is 25.3 Å². The highest BCUT2D eigenvalue weighted by atomic mass is 32.2. The van der Waals surface area contributed by atoms with Crippen molar-refractivity contribution in [3.8, 4) is 34.0 Å². The Morgan fingerprint density at radius 1 is 0.829 bits per heavy atom. The summed E-state index contributed by atoms with van der Waals surface area (Å²) in [5.41, 5.74) is 4.97. The van der Waals surface area contributed by atoms with E-state index in [2.05, 4.69) is 22.4 Å². The number of aryl methyl sites for hydroxylation is 1. The maximum Gasteiger partial charge on any atom is 0.234 e. The van der Waals surface area contributed by atoms with Gasteiger partial charge in [-0.3, -0.25) is 4.79 Å². The molecule has 1 aromatic heterocycles. The normalized spacial score (nSPS) is 10.6. The predicted octanol–water partition coefficient (Wildman–Crippen LogP) is 5.52. The third-order valence-electron chi connectivity index (χ3n) is 5.40. The Bertz CT molecular complexity index is 1290. The molecule has 1 N–H and O–H groups in total. The number of aromatic nitrogens is 3. The van der Waals surface area contributed by atoms with Gasteiger partial charge in [0, 0.05) is 16.8 Å². The summed E-state index contributed by atoms with van der Waals surface area (Å²) in [7, 11) is 3.25. The Hall–Kier alpha value is -3.91. The first-order valence-electron chi connectivity index (χ1n) is 11.2. The Balaban J connectivity index is 1.58. The van der Waals surface area contributed by atoms with Crippen LogP contribution in [0.2, 0.25) is 0 Å². The number of carbonyl (C=O) groups is 1. The van der Waals surface area contributed by atoms with Crippen molar-refractivity contribution in [3.05, 3.63) is 78.4 Å². The number of ether oxygens (including phenoxy) is 2. The van der Waals surface area contributed by atoms with Crippen LogP contribution in [0.5, 0.6) is 11.5 Å². The number of rotatable bonds is 9. The van der Waals surface area contributed by atoms with E-state index in [1.54, 1.807) is 14.2 Å². The van der Waals surface area contributed by atoms with Crippen LogP contribution in [-0.2, 0) is 11.2 Å². The molecule has 0 unspecified atom stereocenters. The number of para-hydroxylation sites is 1. The first-order chi connectivity index (χ1) is 17.1. The van der Waals surface area contributed by atoms with Gasteiger partial charge in [-0.05, 0) is 66.6 Å². The molecule has 0 bridgehead atoms. The molecule has 0 saturated carbocycles. The van der Waals surface area contributed by atoms with Gasteiger partial charge in [-0.1, -0.05) is 36.9 Å². The average molecular weight is 487 g/mol. The number of nitrogens with one attached hydrogen (secondary N) is 1. The second-order valence-electron chi connectivity index (χ2n) is 7.60. The van der Waals surface area contributed by atoms with Crippen LogP contribution in [-0.4, -0.2) is 41.1 Å². The monoisotopic (exact) mass is 486 g/mol. The summed E-state index contributed by atoms with van der Waals surface area (Å²) in [5, 5.41) is 12.2. The number of benzene rings is 3. The minimum Gasteiger partial charge on any atom is -0.497 e. The maximum absolute atomic E-state index is 12.6. The van der Waals surface area contributed by atoms with E-state index in [4.69, 9.17) is 14.5 Å². The van der Waals surface area contributed by atoms with Gasteiger partial charge in [-0.25, -0.2) is 4.98 Å². The lowest BCUT2D eigenvalue weighted by molar-refractivity contribution is -0.113. The molecule has 3 aromatic carbocycles. The number of amides is 1. The maximum atomic E-state index is 12.6. The fourth-order valence-corrected chi connectivity index (χ4v) is 4.12. The van der Waals surface area contributed by atoms with E-state index in [9.17, 15) is 4.79 Å². The summed E-state index contributed by atoms with van der Waals surface area (Å²) in [6, 6.07) is 23.0. The minimum atomic E-state index is -0.121. The van der Waals surface area contributed by atoms with E-state index in [-0.39, 0.29) is 11.7 Å². The van der Waals surface area contributed by atoms with Gasteiger partial charge < -0.3 is 14.8 Å². The average Bonchev–Trinajstić information content (AvgIpc) is 2.92. The summed E-state index contributed by atoms with van der Waals surface area (Å²) in [6.45, 7) is 2.06. The number of thioether (sulfide) groups is 1. The van der Waals surface area contributed by atoms with Crippen molar-refractivity contribution in [1.29, 1.82) is 0 Å². The molecular weight excluding hydrogens is 460 g/mol. The molecule has 4 rings (SSSR count). The largest absolute Gasteiger partial charge is 0.497 e. The number of carbonyl (C=O) groups excluding carboxylic acids is 1. The molecule has 0 aliphatic carbocycles. The van der Waals surface area contributed by atoms with E-state index in [1.165, 1.54) is 11.8 Å². The zero-order valence-electron chi connectivity index (χ0n) is 19.8. The summed E-state index contributed by atoms with van der Waals surface area (Å²) in [6.07, 6.45) is 0.842. The van der Waals surface area contributed by atoms with Crippen LogP contribution in [0.15, 0.2) is 78.0 Å². The van der Waals surface area contributed by atoms with Gasteiger partial charge in [-0.15, -0.1) is 10.2 Å². The van der Waals surface area contributed by atoms with Crippen LogP contribution in [0.4, 0.5) is 5.69 Å². The minimum absolute atomic E-state index is 0.121. The molecule has 0 radical (unpaired) electrons. The van der Waals surface area contributed by atoms with E-state index in [1.807, 2.05) is 72.8 Å². The van der Waals surface area contributed by atoms with Gasteiger partial charge in [0.1, 0.15) is 22.9 Å². The number of methoxy groups -OCH3 is 2. The molecule has 178 valence electrons. The fourth-order valence-electron chi connectivity index (χ4n) is 3.53. The Morgan fingerprint density at radius 2 is 1.43 bits per heavy atom. The summed E-state index contributed by atoms with van der Waals surface area (Å²) >= 11 is 1.25. The molecule has 0 aliphatic heterocycles.